The number of rotatable bonds is 7. The monoisotopic (exact) mass is 804 g/mol. The van der Waals surface area contributed by atoms with E-state index in [-0.39, 0.29) is 6.71 Å². The average Bonchev–Trinajstić information content (AvgIpc) is 3.37. The van der Waals surface area contributed by atoms with Gasteiger partial charge in [-0.05, 0) is 74.5 Å². The number of nitrogens with zero attached hydrogens (tertiary/aromatic N) is 4. The third-order valence-electron chi connectivity index (χ3n) is 12.2. The maximum absolute atomic E-state index is 7.42. The maximum atomic E-state index is 7.42. The van der Waals surface area contributed by atoms with Crippen LogP contribution in [0.1, 0.15) is 0 Å². The van der Waals surface area contributed by atoms with E-state index in [0.29, 0.717) is 17.5 Å². The fourth-order valence-electron chi connectivity index (χ4n) is 9.24. The highest BCUT2D eigenvalue weighted by Gasteiger charge is 2.45. The number of aromatic nitrogens is 3. The second kappa shape index (κ2) is 15.3. The Morgan fingerprint density at radius 1 is 0.365 bits per heavy atom. The third kappa shape index (κ3) is 6.39. The van der Waals surface area contributed by atoms with E-state index in [1.807, 2.05) is 60.7 Å². The van der Waals surface area contributed by atoms with Gasteiger partial charge in [0.2, 0.25) is 0 Å². The lowest BCUT2D eigenvalue weighted by molar-refractivity contribution is 0.489. The van der Waals surface area contributed by atoms with Crippen LogP contribution < -0.4 is 26.0 Å². The zero-order chi connectivity index (χ0) is 41.7. The Labute approximate surface area is 366 Å². The summed E-state index contributed by atoms with van der Waals surface area (Å²) in [6.07, 6.45) is 0. The lowest BCUT2D eigenvalue weighted by Crippen LogP contribution is -2.59. The van der Waals surface area contributed by atoms with Crippen LogP contribution in [0.2, 0.25) is 0 Å². The first-order chi connectivity index (χ1) is 31.2. The van der Waals surface area contributed by atoms with Crippen molar-refractivity contribution in [1.82, 2.24) is 15.0 Å². The van der Waals surface area contributed by atoms with Crippen molar-refractivity contribution in [3.8, 4) is 79.0 Å². The molecule has 0 radical (unpaired) electrons. The molecule has 0 fully saturated rings. The van der Waals surface area contributed by atoms with Crippen LogP contribution in [0.25, 0.3) is 67.5 Å². The molecule has 5 nitrogen and oxygen atoms in total. The summed E-state index contributed by atoms with van der Waals surface area (Å²) in [6.45, 7) is -0.185. The summed E-state index contributed by atoms with van der Waals surface area (Å²) in [4.78, 5) is 18.1. The molecule has 63 heavy (non-hydrogen) atoms. The molecule has 1 aromatic heterocycles. The SMILES string of the molecule is c1ccc(-c2ccc3c(c2)Oc2c(-c4nc(-c5ccccc5)nc(-c5ccccc5)n4)cc(-c4ccccc4)c4c2B3c2ccc(-c3ccccc3)cc2N4c2ccccc2)cc1. The minimum absolute atomic E-state index is 0.185. The summed E-state index contributed by atoms with van der Waals surface area (Å²) >= 11 is 0. The number of hydrogen-bond donors (Lipinski definition) is 0. The number of fused-ring (bicyclic) bond motifs is 4. The second-order valence-corrected chi connectivity index (χ2v) is 15.9. The van der Waals surface area contributed by atoms with Crippen molar-refractivity contribution in [1.29, 1.82) is 0 Å². The van der Waals surface area contributed by atoms with E-state index in [1.54, 1.807) is 0 Å². The van der Waals surface area contributed by atoms with E-state index >= 15 is 0 Å². The Bertz CT molecular complexity index is 3240. The van der Waals surface area contributed by atoms with Crippen molar-refractivity contribution >= 4 is 40.2 Å². The summed E-state index contributed by atoms with van der Waals surface area (Å²) in [7, 11) is 0. The molecule has 2 aliphatic heterocycles. The third-order valence-corrected chi connectivity index (χ3v) is 12.2. The normalized spacial score (nSPS) is 12.2. The lowest BCUT2D eigenvalue weighted by atomic mass is 9.33. The molecule has 0 spiro atoms. The highest BCUT2D eigenvalue weighted by Crippen LogP contribution is 2.49. The van der Waals surface area contributed by atoms with E-state index in [9.17, 15) is 0 Å². The number of hydrogen-bond acceptors (Lipinski definition) is 5. The smallest absolute Gasteiger partial charge is 0.256 e. The topological polar surface area (TPSA) is 51.1 Å². The van der Waals surface area contributed by atoms with Crippen LogP contribution in [0, 0.1) is 0 Å². The molecule has 0 atom stereocenters. The predicted octanol–water partition coefficient (Wildman–Crippen LogP) is 12.3. The Morgan fingerprint density at radius 3 is 1.38 bits per heavy atom. The van der Waals surface area contributed by atoms with Gasteiger partial charge < -0.3 is 9.64 Å². The van der Waals surface area contributed by atoms with Crippen LogP contribution in [0.3, 0.4) is 0 Å². The Hall–Kier alpha value is -8.35. The van der Waals surface area contributed by atoms with E-state index in [1.165, 1.54) is 5.46 Å². The van der Waals surface area contributed by atoms with Gasteiger partial charge in [0.1, 0.15) is 11.5 Å². The molecular weight excluding hydrogens is 767 g/mol. The molecule has 3 heterocycles. The van der Waals surface area contributed by atoms with Gasteiger partial charge in [0.15, 0.2) is 17.5 Å². The largest absolute Gasteiger partial charge is 0.458 e. The highest BCUT2D eigenvalue weighted by atomic mass is 16.5. The van der Waals surface area contributed by atoms with Crippen molar-refractivity contribution in [3.05, 3.63) is 224 Å². The van der Waals surface area contributed by atoms with Crippen molar-refractivity contribution in [2.24, 2.45) is 0 Å². The van der Waals surface area contributed by atoms with Gasteiger partial charge in [-0.25, -0.2) is 15.0 Å². The van der Waals surface area contributed by atoms with Gasteiger partial charge in [0, 0.05) is 28.1 Å². The molecule has 0 bridgehead atoms. The standard InChI is InChI=1S/C57H37BN4O/c1-7-19-38(20-8-1)43-31-33-48-50(35-43)62(45-29-17-6-18-30-45)53-46(40-23-11-3-12-24-40)37-47(54-52(53)58(48)49-34-32-44(36-51(49)63-54)39-21-9-2-10-22-39)57-60-55(41-25-13-4-14-26-41)59-56(61-57)42-27-15-5-16-28-42/h1-37H. The van der Waals surface area contributed by atoms with Gasteiger partial charge in [-0.3, -0.25) is 0 Å². The number of benzene rings is 9. The van der Waals surface area contributed by atoms with E-state index in [4.69, 9.17) is 19.7 Å². The van der Waals surface area contributed by atoms with Gasteiger partial charge in [-0.2, -0.15) is 0 Å². The molecule has 9 aromatic carbocycles. The van der Waals surface area contributed by atoms with Crippen LogP contribution in [0.5, 0.6) is 11.5 Å². The quantitative estimate of drug-likeness (QED) is 0.150. The van der Waals surface area contributed by atoms with E-state index in [0.717, 1.165) is 89.6 Å². The van der Waals surface area contributed by atoms with E-state index < -0.39 is 0 Å². The summed E-state index contributed by atoms with van der Waals surface area (Å²) in [5.41, 5.74) is 15.8. The first-order valence-corrected chi connectivity index (χ1v) is 21.3. The zero-order valence-electron chi connectivity index (χ0n) is 34.1. The minimum atomic E-state index is -0.185. The van der Waals surface area contributed by atoms with Gasteiger partial charge in [0.25, 0.3) is 6.71 Å². The average molecular weight is 805 g/mol. The van der Waals surface area contributed by atoms with Gasteiger partial charge >= 0.3 is 0 Å². The zero-order valence-corrected chi connectivity index (χ0v) is 34.1. The Balaban J connectivity index is 1.20. The summed E-state index contributed by atoms with van der Waals surface area (Å²) in [5.74, 6) is 3.26. The molecule has 12 rings (SSSR count). The number of anilines is 3. The first-order valence-electron chi connectivity index (χ1n) is 21.3. The summed E-state index contributed by atoms with van der Waals surface area (Å²) in [6, 6.07) is 78.7. The molecule has 0 saturated carbocycles. The molecule has 294 valence electrons. The van der Waals surface area contributed by atoms with Crippen molar-refractivity contribution in [3.63, 3.8) is 0 Å². The number of ether oxygens (including phenoxy) is 1. The second-order valence-electron chi connectivity index (χ2n) is 15.9. The van der Waals surface area contributed by atoms with Crippen molar-refractivity contribution in [2.45, 2.75) is 0 Å². The molecule has 0 aliphatic carbocycles. The van der Waals surface area contributed by atoms with Crippen LogP contribution in [0.15, 0.2) is 224 Å². The molecule has 0 saturated heterocycles. The molecule has 10 aromatic rings. The highest BCUT2D eigenvalue weighted by molar-refractivity contribution is 6.99. The van der Waals surface area contributed by atoms with E-state index in [2.05, 4.69) is 169 Å². The molecule has 2 aliphatic rings. The van der Waals surface area contributed by atoms with Crippen LogP contribution in [0.4, 0.5) is 17.1 Å². The summed E-state index contributed by atoms with van der Waals surface area (Å²) < 4.78 is 7.42. The van der Waals surface area contributed by atoms with Gasteiger partial charge in [0.05, 0.1) is 11.3 Å². The molecule has 0 amide bonds. The van der Waals surface area contributed by atoms with Crippen molar-refractivity contribution < 1.29 is 4.74 Å². The molecule has 0 N–H and O–H groups in total. The fourth-order valence-corrected chi connectivity index (χ4v) is 9.24. The lowest BCUT2D eigenvalue weighted by Gasteiger charge is -2.42. The van der Waals surface area contributed by atoms with Crippen LogP contribution in [-0.4, -0.2) is 21.7 Å². The molecule has 0 unspecified atom stereocenters. The Kier molecular flexibility index (Phi) is 8.86. The van der Waals surface area contributed by atoms with Crippen LogP contribution >= 0.6 is 0 Å². The van der Waals surface area contributed by atoms with Gasteiger partial charge in [-0.1, -0.05) is 194 Å². The van der Waals surface area contributed by atoms with Gasteiger partial charge in [-0.15, -0.1) is 0 Å². The summed E-state index contributed by atoms with van der Waals surface area (Å²) in [5, 5.41) is 0. The predicted molar refractivity (Wildman–Crippen MR) is 258 cm³/mol. The first kappa shape index (κ1) is 36.5. The van der Waals surface area contributed by atoms with Crippen molar-refractivity contribution in [2.75, 3.05) is 4.90 Å². The maximum Gasteiger partial charge on any atom is 0.256 e. The van der Waals surface area contributed by atoms with Crippen LogP contribution in [-0.2, 0) is 0 Å². The fraction of sp³-hybridized carbons (Fsp3) is 0. The minimum Gasteiger partial charge on any atom is -0.458 e. The number of para-hydroxylation sites is 1. The Morgan fingerprint density at radius 2 is 0.825 bits per heavy atom. The molecule has 6 heteroatoms. The molecular formula is C57H37BN4O.